The quantitative estimate of drug-likeness (QED) is 0.590. The van der Waals surface area contributed by atoms with E-state index in [9.17, 15) is 0 Å². The van der Waals surface area contributed by atoms with Crippen LogP contribution in [0, 0.1) is 6.92 Å². The molecule has 0 aliphatic heterocycles. The predicted octanol–water partition coefficient (Wildman–Crippen LogP) is 2.48. The number of hydrogen-bond donors (Lipinski definition) is 1. The van der Waals surface area contributed by atoms with Crippen LogP contribution in [0.3, 0.4) is 0 Å². The van der Waals surface area contributed by atoms with Gasteiger partial charge in [0.15, 0.2) is 0 Å². The topological polar surface area (TPSA) is 41.6 Å². The number of aromatic amines is 1. The summed E-state index contributed by atoms with van der Waals surface area (Å²) in [5, 5.41) is 1.17. The molecule has 0 atom stereocenters. The first-order valence-corrected chi connectivity index (χ1v) is 4.86. The Morgan fingerprint density at radius 3 is 3.23 bits per heavy atom. The Kier molecular flexibility index (Phi) is 1.24. The molecule has 0 unspecified atom stereocenters. The molecule has 3 aromatic rings. The van der Waals surface area contributed by atoms with Crippen molar-refractivity contribution in [3.05, 3.63) is 24.2 Å². The van der Waals surface area contributed by atoms with Crippen LogP contribution >= 0.6 is 11.3 Å². The van der Waals surface area contributed by atoms with Crippen molar-refractivity contribution >= 4 is 31.9 Å². The molecule has 3 aromatic heterocycles. The third-order valence-corrected chi connectivity index (χ3v) is 3.03. The lowest BCUT2D eigenvalue weighted by Crippen LogP contribution is -1.72. The first kappa shape index (κ1) is 7.03. The molecule has 64 valence electrons. The minimum atomic E-state index is 0.965. The molecule has 0 radical (unpaired) electrons. The standard InChI is InChI=1S/C9H7N3S/c1-5-11-7-6-3-2-4-10-8(6)13-9(7)12-5/h2-4H,1H3,(H,11,12). The fourth-order valence-corrected chi connectivity index (χ4v) is 2.50. The van der Waals surface area contributed by atoms with E-state index in [1.54, 1.807) is 11.3 Å². The smallest absolute Gasteiger partial charge is 0.144 e. The Hall–Kier alpha value is -1.42. The van der Waals surface area contributed by atoms with E-state index in [0.717, 1.165) is 21.0 Å². The summed E-state index contributed by atoms with van der Waals surface area (Å²) in [7, 11) is 0. The Labute approximate surface area is 78.4 Å². The Balaban J connectivity index is 2.60. The number of aryl methyl sites for hydroxylation is 1. The molecule has 1 N–H and O–H groups in total. The van der Waals surface area contributed by atoms with Crippen molar-refractivity contribution in [1.29, 1.82) is 0 Å². The fourth-order valence-electron chi connectivity index (χ4n) is 1.48. The zero-order valence-corrected chi connectivity index (χ0v) is 7.85. The van der Waals surface area contributed by atoms with Gasteiger partial charge in [0.1, 0.15) is 15.5 Å². The number of fused-ring (bicyclic) bond motifs is 3. The molecule has 0 fully saturated rings. The zero-order chi connectivity index (χ0) is 8.84. The van der Waals surface area contributed by atoms with Gasteiger partial charge in [-0.05, 0) is 19.1 Å². The molecule has 0 aromatic carbocycles. The molecule has 0 aliphatic carbocycles. The van der Waals surface area contributed by atoms with Gasteiger partial charge < -0.3 is 4.98 Å². The van der Waals surface area contributed by atoms with Gasteiger partial charge in [-0.15, -0.1) is 0 Å². The normalized spacial score (nSPS) is 11.5. The second-order valence-electron chi connectivity index (χ2n) is 2.96. The van der Waals surface area contributed by atoms with Crippen molar-refractivity contribution in [1.82, 2.24) is 15.0 Å². The van der Waals surface area contributed by atoms with Gasteiger partial charge in [0, 0.05) is 11.6 Å². The SMILES string of the molecule is Cc1nc2sc3ncccc3c2[nH]1. The average molecular weight is 189 g/mol. The first-order valence-electron chi connectivity index (χ1n) is 4.04. The van der Waals surface area contributed by atoms with Crippen LogP contribution in [0.4, 0.5) is 0 Å². The van der Waals surface area contributed by atoms with Crippen LogP contribution < -0.4 is 0 Å². The average Bonchev–Trinajstić information content (AvgIpc) is 2.60. The fraction of sp³-hybridized carbons (Fsp3) is 0.111. The first-order chi connectivity index (χ1) is 6.34. The van der Waals surface area contributed by atoms with Crippen LogP contribution in [-0.4, -0.2) is 15.0 Å². The van der Waals surface area contributed by atoms with E-state index >= 15 is 0 Å². The highest BCUT2D eigenvalue weighted by Crippen LogP contribution is 2.29. The molecule has 3 nitrogen and oxygen atoms in total. The maximum Gasteiger partial charge on any atom is 0.144 e. The molecule has 4 heteroatoms. The summed E-state index contributed by atoms with van der Waals surface area (Å²) in [5.41, 5.74) is 1.12. The van der Waals surface area contributed by atoms with E-state index in [4.69, 9.17) is 0 Å². The monoisotopic (exact) mass is 189 g/mol. The molecular formula is C9H7N3S. The van der Waals surface area contributed by atoms with E-state index in [1.165, 1.54) is 5.39 Å². The Morgan fingerprint density at radius 2 is 2.31 bits per heavy atom. The third kappa shape index (κ3) is 0.890. The molecule has 0 bridgehead atoms. The number of H-pyrrole nitrogens is 1. The summed E-state index contributed by atoms with van der Waals surface area (Å²) < 4.78 is 0. The van der Waals surface area contributed by atoms with E-state index < -0.39 is 0 Å². The second kappa shape index (κ2) is 2.29. The summed E-state index contributed by atoms with van der Waals surface area (Å²) >= 11 is 1.63. The zero-order valence-electron chi connectivity index (χ0n) is 7.03. The van der Waals surface area contributed by atoms with Gasteiger partial charge in [-0.1, -0.05) is 11.3 Å². The van der Waals surface area contributed by atoms with Crippen molar-refractivity contribution in [3.8, 4) is 0 Å². The number of pyridine rings is 1. The molecular weight excluding hydrogens is 182 g/mol. The summed E-state index contributed by atoms with van der Waals surface area (Å²) in [6.45, 7) is 1.97. The van der Waals surface area contributed by atoms with Crippen molar-refractivity contribution in [2.24, 2.45) is 0 Å². The van der Waals surface area contributed by atoms with Gasteiger partial charge in [-0.2, -0.15) is 0 Å². The summed E-state index contributed by atoms with van der Waals surface area (Å²) in [6, 6.07) is 4.02. The molecule has 0 amide bonds. The highest BCUT2D eigenvalue weighted by Gasteiger charge is 2.07. The summed E-state index contributed by atoms with van der Waals surface area (Å²) in [4.78, 5) is 14.0. The van der Waals surface area contributed by atoms with Crippen LogP contribution in [0.15, 0.2) is 18.3 Å². The number of aromatic nitrogens is 3. The van der Waals surface area contributed by atoms with E-state index in [-0.39, 0.29) is 0 Å². The molecule has 0 spiro atoms. The van der Waals surface area contributed by atoms with E-state index in [1.807, 2.05) is 19.2 Å². The van der Waals surface area contributed by atoms with Crippen LogP contribution in [0.25, 0.3) is 20.6 Å². The van der Waals surface area contributed by atoms with E-state index in [0.29, 0.717) is 0 Å². The number of hydrogen-bond acceptors (Lipinski definition) is 3. The van der Waals surface area contributed by atoms with Crippen LogP contribution in [-0.2, 0) is 0 Å². The van der Waals surface area contributed by atoms with Crippen molar-refractivity contribution in [2.45, 2.75) is 6.92 Å². The molecule has 13 heavy (non-hydrogen) atoms. The van der Waals surface area contributed by atoms with Crippen LogP contribution in [0.2, 0.25) is 0 Å². The molecule has 3 heterocycles. The van der Waals surface area contributed by atoms with Crippen LogP contribution in [0.5, 0.6) is 0 Å². The van der Waals surface area contributed by atoms with Gasteiger partial charge in [-0.3, -0.25) is 0 Å². The molecule has 0 aliphatic rings. The van der Waals surface area contributed by atoms with Crippen molar-refractivity contribution < 1.29 is 0 Å². The molecule has 0 saturated heterocycles. The molecule has 0 saturated carbocycles. The second-order valence-corrected chi connectivity index (χ2v) is 3.94. The minimum Gasteiger partial charge on any atom is -0.341 e. The predicted molar refractivity (Wildman–Crippen MR) is 54.0 cm³/mol. The molecule has 3 rings (SSSR count). The Morgan fingerprint density at radius 1 is 1.38 bits per heavy atom. The lowest BCUT2D eigenvalue weighted by Gasteiger charge is -1.85. The summed E-state index contributed by atoms with van der Waals surface area (Å²) in [6.07, 6.45) is 1.81. The summed E-state index contributed by atoms with van der Waals surface area (Å²) in [5.74, 6) is 0.965. The van der Waals surface area contributed by atoms with Crippen molar-refractivity contribution in [3.63, 3.8) is 0 Å². The lowest BCUT2D eigenvalue weighted by molar-refractivity contribution is 1.17. The Bertz CT molecular complexity index is 579. The van der Waals surface area contributed by atoms with Crippen molar-refractivity contribution in [2.75, 3.05) is 0 Å². The maximum absolute atomic E-state index is 4.37. The number of thiophene rings is 1. The number of nitrogens with zero attached hydrogens (tertiary/aromatic N) is 2. The minimum absolute atomic E-state index is 0.965. The van der Waals surface area contributed by atoms with Gasteiger partial charge >= 0.3 is 0 Å². The highest BCUT2D eigenvalue weighted by molar-refractivity contribution is 7.25. The van der Waals surface area contributed by atoms with Crippen LogP contribution in [0.1, 0.15) is 5.82 Å². The third-order valence-electron chi connectivity index (χ3n) is 2.02. The van der Waals surface area contributed by atoms with E-state index in [2.05, 4.69) is 21.0 Å². The number of nitrogens with one attached hydrogen (secondary N) is 1. The lowest BCUT2D eigenvalue weighted by atomic mass is 10.3. The van der Waals surface area contributed by atoms with Gasteiger partial charge in [-0.25, -0.2) is 9.97 Å². The van der Waals surface area contributed by atoms with Gasteiger partial charge in [0.05, 0.1) is 5.52 Å². The number of rotatable bonds is 0. The van der Waals surface area contributed by atoms with Gasteiger partial charge in [0.25, 0.3) is 0 Å². The largest absolute Gasteiger partial charge is 0.341 e. The van der Waals surface area contributed by atoms with Gasteiger partial charge in [0.2, 0.25) is 0 Å². The maximum atomic E-state index is 4.37. The highest BCUT2D eigenvalue weighted by atomic mass is 32.1. The number of imidazole rings is 1.